The molecule has 0 aliphatic rings. The van der Waals surface area contributed by atoms with Gasteiger partial charge >= 0.3 is 0 Å². The Bertz CT molecular complexity index is 367. The summed E-state index contributed by atoms with van der Waals surface area (Å²) in [6, 6.07) is 2.61. The van der Waals surface area contributed by atoms with E-state index in [1.807, 2.05) is 20.8 Å². The first-order valence-electron chi connectivity index (χ1n) is 4.95. The van der Waals surface area contributed by atoms with Crippen LogP contribution in [0.2, 0.25) is 0 Å². The maximum atomic E-state index is 13.6. The van der Waals surface area contributed by atoms with Crippen LogP contribution >= 0.6 is 0 Å². The van der Waals surface area contributed by atoms with Crippen molar-refractivity contribution < 1.29 is 8.78 Å². The van der Waals surface area contributed by atoms with Crippen LogP contribution in [0.5, 0.6) is 0 Å². The number of hydrogen-bond donors (Lipinski definition) is 1. The van der Waals surface area contributed by atoms with Gasteiger partial charge in [0.15, 0.2) is 11.6 Å². The van der Waals surface area contributed by atoms with E-state index in [1.165, 1.54) is 6.92 Å². The van der Waals surface area contributed by atoms with E-state index in [4.69, 9.17) is 5.73 Å². The first kappa shape index (κ1) is 12.1. The molecule has 1 atom stereocenters. The average molecular weight is 213 g/mol. The van der Waals surface area contributed by atoms with Gasteiger partial charge in [-0.1, -0.05) is 32.9 Å². The Labute approximate surface area is 89.3 Å². The quantitative estimate of drug-likeness (QED) is 0.760. The second-order valence-corrected chi connectivity index (χ2v) is 4.94. The summed E-state index contributed by atoms with van der Waals surface area (Å²) in [7, 11) is 0. The van der Waals surface area contributed by atoms with Crippen molar-refractivity contribution in [2.75, 3.05) is 0 Å². The Kier molecular flexibility index (Phi) is 3.14. The van der Waals surface area contributed by atoms with Crippen molar-refractivity contribution in [3.8, 4) is 0 Å². The maximum absolute atomic E-state index is 13.6. The van der Waals surface area contributed by atoms with Crippen molar-refractivity contribution >= 4 is 0 Å². The van der Waals surface area contributed by atoms with Gasteiger partial charge in [-0.15, -0.1) is 0 Å². The molecule has 0 saturated carbocycles. The van der Waals surface area contributed by atoms with Crippen LogP contribution in [0.1, 0.15) is 37.9 Å². The third kappa shape index (κ3) is 2.34. The lowest BCUT2D eigenvalue weighted by atomic mass is 9.82. The Morgan fingerprint density at radius 1 is 1.13 bits per heavy atom. The molecule has 0 aromatic heterocycles. The summed E-state index contributed by atoms with van der Waals surface area (Å²) in [4.78, 5) is 0. The van der Waals surface area contributed by atoms with Crippen LogP contribution in [0.3, 0.4) is 0 Å². The highest BCUT2D eigenvalue weighted by molar-refractivity contribution is 5.28. The number of halogens is 2. The van der Waals surface area contributed by atoms with Gasteiger partial charge in [0.05, 0.1) is 0 Å². The highest BCUT2D eigenvalue weighted by Crippen LogP contribution is 2.32. The summed E-state index contributed by atoms with van der Waals surface area (Å²) >= 11 is 0. The van der Waals surface area contributed by atoms with Crippen molar-refractivity contribution in [3.05, 3.63) is 34.9 Å². The standard InChI is InChI=1S/C12H17F2N/c1-7-5-6-8(10(14)9(7)13)11(15)12(2,3)4/h5-6,11H,15H2,1-4H3/t11-/m0/s1. The van der Waals surface area contributed by atoms with Crippen LogP contribution in [0, 0.1) is 24.0 Å². The van der Waals surface area contributed by atoms with Gasteiger partial charge in [0.1, 0.15) is 0 Å². The minimum Gasteiger partial charge on any atom is -0.323 e. The molecule has 0 saturated heterocycles. The molecule has 1 aromatic rings. The van der Waals surface area contributed by atoms with E-state index in [0.717, 1.165) is 0 Å². The Morgan fingerprint density at radius 3 is 2.13 bits per heavy atom. The van der Waals surface area contributed by atoms with Crippen molar-refractivity contribution in [2.45, 2.75) is 33.7 Å². The van der Waals surface area contributed by atoms with Gasteiger partial charge in [-0.3, -0.25) is 0 Å². The monoisotopic (exact) mass is 213 g/mol. The first-order valence-corrected chi connectivity index (χ1v) is 4.95. The number of rotatable bonds is 1. The molecule has 15 heavy (non-hydrogen) atoms. The van der Waals surface area contributed by atoms with Crippen molar-refractivity contribution in [3.63, 3.8) is 0 Å². The fourth-order valence-corrected chi connectivity index (χ4v) is 1.37. The van der Waals surface area contributed by atoms with Crippen LogP contribution in [0.4, 0.5) is 8.78 Å². The normalized spacial score (nSPS) is 14.1. The summed E-state index contributed by atoms with van der Waals surface area (Å²) in [6.07, 6.45) is 0. The minimum absolute atomic E-state index is 0.241. The van der Waals surface area contributed by atoms with Gasteiger partial charge in [-0.2, -0.15) is 0 Å². The molecular weight excluding hydrogens is 196 g/mol. The number of aryl methyl sites for hydroxylation is 1. The Hall–Kier alpha value is -0.960. The number of benzene rings is 1. The molecule has 1 aromatic carbocycles. The zero-order chi connectivity index (χ0) is 11.8. The molecule has 0 bridgehead atoms. The predicted octanol–water partition coefficient (Wildman–Crippen LogP) is 3.32. The van der Waals surface area contributed by atoms with Gasteiger partial charge in [0.2, 0.25) is 0 Å². The van der Waals surface area contributed by atoms with Gasteiger partial charge in [-0.25, -0.2) is 8.78 Å². The van der Waals surface area contributed by atoms with Crippen LogP contribution < -0.4 is 5.73 Å². The molecule has 0 unspecified atom stereocenters. The SMILES string of the molecule is Cc1ccc([C@H](N)C(C)(C)C)c(F)c1F. The van der Waals surface area contributed by atoms with E-state index in [1.54, 1.807) is 12.1 Å². The molecule has 0 fully saturated rings. The molecular formula is C12H17F2N. The van der Waals surface area contributed by atoms with Crippen LogP contribution in [0.25, 0.3) is 0 Å². The summed E-state index contributed by atoms with van der Waals surface area (Å²) in [5.74, 6) is -1.62. The zero-order valence-corrected chi connectivity index (χ0v) is 9.57. The molecule has 2 N–H and O–H groups in total. The average Bonchev–Trinajstić information content (AvgIpc) is 2.12. The van der Waals surface area contributed by atoms with E-state index in [0.29, 0.717) is 5.56 Å². The van der Waals surface area contributed by atoms with E-state index in [-0.39, 0.29) is 11.0 Å². The fourth-order valence-electron chi connectivity index (χ4n) is 1.37. The van der Waals surface area contributed by atoms with Crippen molar-refractivity contribution in [2.24, 2.45) is 11.1 Å². The lowest BCUT2D eigenvalue weighted by molar-refractivity contribution is 0.315. The number of hydrogen-bond acceptors (Lipinski definition) is 1. The molecule has 0 spiro atoms. The molecule has 0 aliphatic heterocycles. The van der Waals surface area contributed by atoms with Gasteiger partial charge in [0, 0.05) is 11.6 Å². The summed E-state index contributed by atoms with van der Waals surface area (Å²) in [5, 5.41) is 0. The molecule has 0 heterocycles. The molecule has 3 heteroatoms. The first-order chi connectivity index (χ1) is 6.75. The highest BCUT2D eigenvalue weighted by Gasteiger charge is 2.26. The maximum Gasteiger partial charge on any atom is 0.163 e. The lowest BCUT2D eigenvalue weighted by Gasteiger charge is -2.27. The summed E-state index contributed by atoms with van der Waals surface area (Å²) < 4.78 is 26.9. The van der Waals surface area contributed by atoms with Crippen LogP contribution in [0.15, 0.2) is 12.1 Å². The molecule has 0 amide bonds. The minimum atomic E-state index is -0.822. The van der Waals surface area contributed by atoms with E-state index >= 15 is 0 Å². The summed E-state index contributed by atoms with van der Waals surface area (Å²) in [6.45, 7) is 7.23. The van der Waals surface area contributed by atoms with Crippen LogP contribution in [-0.4, -0.2) is 0 Å². The van der Waals surface area contributed by atoms with Gasteiger partial charge in [0.25, 0.3) is 0 Å². The summed E-state index contributed by atoms with van der Waals surface area (Å²) in [5.41, 5.74) is 6.14. The fraction of sp³-hybridized carbons (Fsp3) is 0.500. The zero-order valence-electron chi connectivity index (χ0n) is 9.57. The Balaban J connectivity index is 3.23. The largest absolute Gasteiger partial charge is 0.323 e. The third-order valence-electron chi connectivity index (χ3n) is 2.57. The predicted molar refractivity (Wildman–Crippen MR) is 57.5 cm³/mol. The second kappa shape index (κ2) is 3.89. The van der Waals surface area contributed by atoms with Gasteiger partial charge in [-0.05, 0) is 17.9 Å². The van der Waals surface area contributed by atoms with Gasteiger partial charge < -0.3 is 5.73 Å². The molecule has 84 valence electrons. The third-order valence-corrected chi connectivity index (χ3v) is 2.57. The Morgan fingerprint density at radius 2 is 1.67 bits per heavy atom. The molecule has 1 rings (SSSR count). The van der Waals surface area contributed by atoms with Crippen molar-refractivity contribution in [1.29, 1.82) is 0 Å². The number of nitrogens with two attached hydrogens (primary N) is 1. The molecule has 0 aliphatic carbocycles. The van der Waals surface area contributed by atoms with E-state index < -0.39 is 17.7 Å². The smallest absolute Gasteiger partial charge is 0.163 e. The van der Waals surface area contributed by atoms with E-state index in [9.17, 15) is 8.78 Å². The molecule has 1 nitrogen and oxygen atoms in total. The second-order valence-electron chi connectivity index (χ2n) is 4.94. The van der Waals surface area contributed by atoms with Crippen molar-refractivity contribution in [1.82, 2.24) is 0 Å². The topological polar surface area (TPSA) is 26.0 Å². The van der Waals surface area contributed by atoms with Crippen LogP contribution in [-0.2, 0) is 0 Å². The highest BCUT2D eigenvalue weighted by atomic mass is 19.2. The van der Waals surface area contributed by atoms with E-state index in [2.05, 4.69) is 0 Å². The lowest BCUT2D eigenvalue weighted by Crippen LogP contribution is -2.27. The molecule has 0 radical (unpaired) electrons.